The standard InChI is InChI=1S/C32H45F2N7O6/c1-6-7-21(26(42)30(46)37-18-8-9-18)38-29(45)25-19-10-11-32(33,34)20(19)15-41(25)31(47)24(17(4)5)40-28(44)23(16(2)3)39-27(43)22-14-35-12-13-36-22/h12-14,16-21,23-25H,6-11,15H2,1-5H3,(H,37,46)(H,38,45)(H,39,43)(H,40,44)/t19?,20?,21?,23-,24-,25-/m0/s1. The van der Waals surface area contributed by atoms with Crippen LogP contribution in [0.4, 0.5) is 8.78 Å². The monoisotopic (exact) mass is 661 g/mol. The van der Waals surface area contributed by atoms with E-state index in [1.807, 2.05) is 0 Å². The number of carbonyl (C=O) groups is 6. The molecule has 4 N–H and O–H groups in total. The van der Waals surface area contributed by atoms with Crippen LogP contribution in [0.1, 0.15) is 83.6 Å². The molecule has 2 aliphatic carbocycles. The van der Waals surface area contributed by atoms with Crippen LogP contribution in [0.2, 0.25) is 0 Å². The Balaban J connectivity index is 1.55. The lowest BCUT2D eigenvalue weighted by molar-refractivity contribution is -0.145. The first-order valence-corrected chi connectivity index (χ1v) is 16.4. The van der Waals surface area contributed by atoms with Gasteiger partial charge in [-0.3, -0.25) is 33.8 Å². The van der Waals surface area contributed by atoms with Gasteiger partial charge in [0.05, 0.1) is 12.2 Å². The van der Waals surface area contributed by atoms with E-state index in [1.54, 1.807) is 34.6 Å². The SMILES string of the molecule is CCCC(NC(=O)[C@@H]1C2CCC(F)(F)C2CN1C(=O)[C@@H](NC(=O)[C@@H](NC(=O)c1cnccn1)C(C)C)C(C)C)C(=O)C(=O)NC1CC1. The minimum Gasteiger partial charge on any atom is -0.347 e. The van der Waals surface area contributed by atoms with Crippen LogP contribution in [-0.2, 0) is 24.0 Å². The van der Waals surface area contributed by atoms with E-state index in [0.717, 1.165) is 17.7 Å². The molecule has 3 unspecified atom stereocenters. The highest BCUT2D eigenvalue weighted by Crippen LogP contribution is 2.51. The molecule has 1 aliphatic heterocycles. The van der Waals surface area contributed by atoms with Gasteiger partial charge in [0, 0.05) is 37.3 Å². The number of carbonyl (C=O) groups excluding carboxylic acids is 6. The lowest BCUT2D eigenvalue weighted by atomic mass is 9.91. The smallest absolute Gasteiger partial charge is 0.289 e. The third kappa shape index (κ3) is 8.28. The molecular weight excluding hydrogens is 616 g/mol. The first-order valence-electron chi connectivity index (χ1n) is 16.4. The number of amides is 5. The highest BCUT2D eigenvalue weighted by Gasteiger charge is 2.61. The number of fused-ring (bicyclic) bond motifs is 1. The molecule has 13 nitrogen and oxygen atoms in total. The van der Waals surface area contributed by atoms with Crippen LogP contribution in [0.15, 0.2) is 18.6 Å². The van der Waals surface area contributed by atoms with Crippen molar-refractivity contribution in [2.45, 2.75) is 109 Å². The second-order valence-corrected chi connectivity index (χ2v) is 13.5. The lowest BCUT2D eigenvalue weighted by Gasteiger charge is -2.34. The molecule has 15 heteroatoms. The van der Waals surface area contributed by atoms with Gasteiger partial charge in [0.25, 0.3) is 17.7 Å². The molecule has 6 atom stereocenters. The highest BCUT2D eigenvalue weighted by atomic mass is 19.3. The van der Waals surface area contributed by atoms with Gasteiger partial charge in [-0.25, -0.2) is 13.8 Å². The summed E-state index contributed by atoms with van der Waals surface area (Å²) in [6.07, 6.45) is 5.64. The summed E-state index contributed by atoms with van der Waals surface area (Å²) in [6, 6.07) is -4.91. The minimum atomic E-state index is -3.12. The number of likely N-dealkylation sites (tertiary alicyclic amines) is 1. The summed E-state index contributed by atoms with van der Waals surface area (Å²) in [6.45, 7) is 8.10. The van der Waals surface area contributed by atoms with Crippen LogP contribution >= 0.6 is 0 Å². The van der Waals surface area contributed by atoms with Crippen LogP contribution in [0.25, 0.3) is 0 Å². The Bertz CT molecular complexity index is 1360. The number of rotatable bonds is 14. The summed E-state index contributed by atoms with van der Waals surface area (Å²) in [5, 5.41) is 10.5. The molecule has 0 bridgehead atoms. The van der Waals surface area contributed by atoms with Crippen molar-refractivity contribution in [2.75, 3.05) is 6.54 Å². The second kappa shape index (κ2) is 14.8. The maximum Gasteiger partial charge on any atom is 0.289 e. The molecule has 1 aromatic rings. The fourth-order valence-corrected chi connectivity index (χ4v) is 6.38. The van der Waals surface area contributed by atoms with Crippen LogP contribution in [0.5, 0.6) is 0 Å². The molecule has 0 radical (unpaired) electrons. The number of nitrogens with zero attached hydrogens (tertiary/aromatic N) is 3. The molecule has 1 aromatic heterocycles. The molecule has 4 rings (SSSR count). The minimum absolute atomic E-state index is 0.00861. The molecule has 5 amide bonds. The third-order valence-electron chi connectivity index (χ3n) is 9.17. The molecule has 3 aliphatic rings. The van der Waals surface area contributed by atoms with Crippen LogP contribution in [0.3, 0.4) is 0 Å². The number of alkyl halides is 2. The summed E-state index contributed by atoms with van der Waals surface area (Å²) in [5.74, 6) is -10.7. The molecule has 0 aromatic carbocycles. The van der Waals surface area contributed by atoms with E-state index < -0.39 is 102 Å². The van der Waals surface area contributed by atoms with Gasteiger partial charge in [0.2, 0.25) is 23.5 Å². The Morgan fingerprint density at radius 2 is 1.64 bits per heavy atom. The molecular formula is C32H45F2N7O6. The van der Waals surface area contributed by atoms with Gasteiger partial charge in [-0.15, -0.1) is 0 Å². The number of hydrogen-bond acceptors (Lipinski definition) is 8. The van der Waals surface area contributed by atoms with Crippen LogP contribution < -0.4 is 21.3 Å². The summed E-state index contributed by atoms with van der Waals surface area (Å²) in [7, 11) is 0. The Kier molecular flexibility index (Phi) is 11.3. The fraction of sp³-hybridized carbons (Fsp3) is 0.688. The van der Waals surface area contributed by atoms with Crippen molar-refractivity contribution in [2.24, 2.45) is 23.7 Å². The van der Waals surface area contributed by atoms with E-state index in [2.05, 4.69) is 31.2 Å². The molecule has 3 fully saturated rings. The quantitative estimate of drug-likeness (QED) is 0.216. The number of hydrogen-bond donors (Lipinski definition) is 4. The van der Waals surface area contributed by atoms with Crippen molar-refractivity contribution in [1.82, 2.24) is 36.1 Å². The lowest BCUT2D eigenvalue weighted by Crippen LogP contribution is -2.60. The normalized spacial score (nSPS) is 23.4. The number of nitrogens with one attached hydrogen (secondary N) is 4. The van der Waals surface area contributed by atoms with Crippen molar-refractivity contribution in [3.63, 3.8) is 0 Å². The van der Waals surface area contributed by atoms with E-state index >= 15 is 8.78 Å². The van der Waals surface area contributed by atoms with Crippen molar-refractivity contribution in [3.05, 3.63) is 24.3 Å². The zero-order valence-electron chi connectivity index (χ0n) is 27.4. The van der Waals surface area contributed by atoms with Gasteiger partial charge >= 0.3 is 0 Å². The topological polar surface area (TPSA) is 180 Å². The fourth-order valence-electron chi connectivity index (χ4n) is 6.38. The largest absolute Gasteiger partial charge is 0.347 e. The van der Waals surface area contributed by atoms with E-state index in [1.165, 1.54) is 18.6 Å². The Labute approximate surface area is 272 Å². The summed E-state index contributed by atoms with van der Waals surface area (Å²) < 4.78 is 30.1. The van der Waals surface area contributed by atoms with E-state index in [4.69, 9.17) is 0 Å². The summed E-state index contributed by atoms with van der Waals surface area (Å²) >= 11 is 0. The predicted molar refractivity (Wildman–Crippen MR) is 165 cm³/mol. The Morgan fingerprint density at radius 3 is 2.21 bits per heavy atom. The highest BCUT2D eigenvalue weighted by molar-refractivity contribution is 6.38. The molecule has 258 valence electrons. The maximum atomic E-state index is 15.0. The Hall–Kier alpha value is -4.04. The van der Waals surface area contributed by atoms with E-state index in [0.29, 0.717) is 6.42 Å². The first kappa shape index (κ1) is 35.8. The van der Waals surface area contributed by atoms with E-state index in [9.17, 15) is 28.8 Å². The van der Waals surface area contributed by atoms with Gasteiger partial charge in [-0.1, -0.05) is 41.0 Å². The van der Waals surface area contributed by atoms with Crippen molar-refractivity contribution in [1.29, 1.82) is 0 Å². The van der Waals surface area contributed by atoms with Crippen molar-refractivity contribution in [3.8, 4) is 0 Å². The van der Waals surface area contributed by atoms with Gasteiger partial charge in [0.15, 0.2) is 0 Å². The van der Waals surface area contributed by atoms with Gasteiger partial charge in [-0.05, 0) is 43.4 Å². The summed E-state index contributed by atoms with van der Waals surface area (Å²) in [5.41, 5.74) is -0.00861. The Morgan fingerprint density at radius 1 is 0.957 bits per heavy atom. The van der Waals surface area contributed by atoms with Crippen molar-refractivity contribution < 1.29 is 37.5 Å². The van der Waals surface area contributed by atoms with Gasteiger partial charge < -0.3 is 26.2 Å². The average Bonchev–Trinajstić information content (AvgIpc) is 3.67. The molecule has 1 saturated heterocycles. The van der Waals surface area contributed by atoms with Gasteiger partial charge in [0.1, 0.15) is 23.8 Å². The zero-order chi connectivity index (χ0) is 34.6. The van der Waals surface area contributed by atoms with Crippen LogP contribution in [0, 0.1) is 23.7 Å². The summed E-state index contributed by atoms with van der Waals surface area (Å²) in [4.78, 5) is 88.7. The second-order valence-electron chi connectivity index (χ2n) is 13.5. The first-order chi connectivity index (χ1) is 22.2. The predicted octanol–water partition coefficient (Wildman–Crippen LogP) is 1.38. The third-order valence-corrected chi connectivity index (χ3v) is 9.17. The molecule has 2 heterocycles. The number of Topliss-reactive ketones (excluding diaryl/α,β-unsaturated/α-hetero) is 1. The average molecular weight is 662 g/mol. The number of ketones is 1. The van der Waals surface area contributed by atoms with Gasteiger partial charge in [-0.2, -0.15) is 0 Å². The van der Waals surface area contributed by atoms with E-state index in [-0.39, 0.29) is 24.6 Å². The van der Waals surface area contributed by atoms with Crippen LogP contribution in [-0.4, -0.2) is 92.9 Å². The molecule has 47 heavy (non-hydrogen) atoms. The number of halogens is 2. The molecule has 2 saturated carbocycles. The van der Waals surface area contributed by atoms with Crippen molar-refractivity contribution >= 4 is 35.3 Å². The maximum absolute atomic E-state index is 15.0. The zero-order valence-corrected chi connectivity index (χ0v) is 27.4. The molecule has 0 spiro atoms. The number of aromatic nitrogens is 2.